The van der Waals surface area contributed by atoms with Gasteiger partial charge >= 0.3 is 19.1 Å². The highest BCUT2D eigenvalue weighted by molar-refractivity contribution is 7.89. The molecule has 6 nitrogen and oxygen atoms in total. The maximum atomic E-state index is 13.4. The van der Waals surface area contributed by atoms with Gasteiger partial charge in [-0.15, -0.1) is 39.5 Å². The number of halogens is 9. The Labute approximate surface area is 256 Å². The number of nitrogens with one attached hydrogen (secondary N) is 1. The van der Waals surface area contributed by atoms with Crippen molar-refractivity contribution in [3.8, 4) is 17.2 Å². The van der Waals surface area contributed by atoms with Gasteiger partial charge in [0, 0.05) is 12.0 Å². The van der Waals surface area contributed by atoms with E-state index in [9.17, 15) is 47.9 Å². The van der Waals surface area contributed by atoms with E-state index >= 15 is 0 Å². The maximum absolute atomic E-state index is 13.4. The third kappa shape index (κ3) is 9.53. The van der Waals surface area contributed by atoms with E-state index in [1.807, 2.05) is 0 Å². The van der Waals surface area contributed by atoms with Crippen molar-refractivity contribution in [2.45, 2.75) is 35.8 Å². The molecule has 0 heterocycles. The van der Waals surface area contributed by atoms with Gasteiger partial charge < -0.3 is 14.2 Å². The highest BCUT2D eigenvalue weighted by Crippen LogP contribution is 2.40. The van der Waals surface area contributed by atoms with Crippen molar-refractivity contribution in [3.05, 3.63) is 120 Å². The molecule has 0 saturated heterocycles. The molecule has 0 fully saturated rings. The van der Waals surface area contributed by atoms with Crippen LogP contribution in [0.5, 0.6) is 17.2 Å². The summed E-state index contributed by atoms with van der Waals surface area (Å²) in [6.07, 6.45) is -15.4. The Morgan fingerprint density at radius 2 is 1.00 bits per heavy atom. The highest BCUT2D eigenvalue weighted by Gasteiger charge is 2.39. The Morgan fingerprint density at radius 1 is 0.543 bits per heavy atom. The lowest BCUT2D eigenvalue weighted by Crippen LogP contribution is -2.43. The van der Waals surface area contributed by atoms with Gasteiger partial charge in [-0.25, -0.2) is 13.1 Å². The molecule has 0 aliphatic carbocycles. The monoisotopic (exact) mass is 679 g/mol. The number of alkyl halides is 9. The molecule has 0 bridgehead atoms. The van der Waals surface area contributed by atoms with Crippen molar-refractivity contribution in [1.82, 2.24) is 4.72 Å². The molecule has 46 heavy (non-hydrogen) atoms. The summed E-state index contributed by atoms with van der Waals surface area (Å²) in [5.41, 5.74) is -1.18. The van der Waals surface area contributed by atoms with Crippen molar-refractivity contribution in [1.29, 1.82) is 0 Å². The van der Waals surface area contributed by atoms with Crippen LogP contribution in [0.1, 0.15) is 16.7 Å². The Kier molecular flexibility index (Phi) is 9.82. The van der Waals surface area contributed by atoms with Crippen LogP contribution < -0.4 is 18.9 Å². The SMILES string of the molecule is O=S(=O)(NCC(Cc1ccccc1)(c1cccc(OC(F)(F)F)c1)c1cccc(OC(F)(F)F)c1)c1ccc(OC(F)(F)F)cc1. The van der Waals surface area contributed by atoms with Crippen LogP contribution in [0.3, 0.4) is 0 Å². The predicted octanol–water partition coefficient (Wildman–Crippen LogP) is 7.89. The van der Waals surface area contributed by atoms with Gasteiger partial charge in [0.05, 0.1) is 4.90 Å². The molecule has 4 rings (SSSR count). The van der Waals surface area contributed by atoms with E-state index in [1.165, 1.54) is 24.3 Å². The third-order valence-corrected chi connectivity index (χ3v) is 7.94. The molecule has 0 radical (unpaired) electrons. The Balaban J connectivity index is 1.86. The van der Waals surface area contributed by atoms with Gasteiger partial charge in [0.2, 0.25) is 10.0 Å². The van der Waals surface area contributed by atoms with Crippen molar-refractivity contribution in [3.63, 3.8) is 0 Å². The Hall–Kier alpha value is -4.44. The first-order valence-electron chi connectivity index (χ1n) is 13.0. The summed E-state index contributed by atoms with van der Waals surface area (Å²) >= 11 is 0. The molecule has 0 aliphatic heterocycles. The van der Waals surface area contributed by atoms with Crippen LogP contribution in [0, 0.1) is 0 Å². The topological polar surface area (TPSA) is 73.9 Å². The van der Waals surface area contributed by atoms with E-state index in [1.54, 1.807) is 30.3 Å². The van der Waals surface area contributed by atoms with Gasteiger partial charge in [0.1, 0.15) is 17.2 Å². The van der Waals surface area contributed by atoms with Crippen LogP contribution in [0.15, 0.2) is 108 Å². The smallest absolute Gasteiger partial charge is 0.406 e. The third-order valence-electron chi connectivity index (χ3n) is 6.52. The summed E-state index contributed by atoms with van der Waals surface area (Å²) in [4.78, 5) is -0.501. The molecule has 0 aliphatic rings. The molecule has 4 aromatic carbocycles. The first kappa shape index (κ1) is 34.4. The largest absolute Gasteiger partial charge is 0.573 e. The van der Waals surface area contributed by atoms with Crippen LogP contribution >= 0.6 is 0 Å². The molecule has 0 amide bonds. The fraction of sp³-hybridized carbons (Fsp3) is 0.200. The quantitative estimate of drug-likeness (QED) is 0.163. The summed E-state index contributed by atoms with van der Waals surface area (Å²) in [7, 11) is -4.55. The maximum Gasteiger partial charge on any atom is 0.573 e. The highest BCUT2D eigenvalue weighted by atomic mass is 32.2. The lowest BCUT2D eigenvalue weighted by molar-refractivity contribution is -0.275. The first-order chi connectivity index (χ1) is 21.3. The standard InChI is InChI=1S/C30H22F9NO5S/c31-28(32,33)43-23-12-14-26(15-13-23)46(41,42)40-19-27(18-20-6-2-1-3-7-20,21-8-4-10-24(16-21)44-29(34,35)36)22-9-5-11-25(17-22)45-30(37,38)39/h1-17,40H,18-19H2. The van der Waals surface area contributed by atoms with E-state index < -0.39 is 63.2 Å². The van der Waals surface area contributed by atoms with Gasteiger partial charge in [-0.1, -0.05) is 54.6 Å². The normalized spacial score (nSPS) is 12.9. The fourth-order valence-corrected chi connectivity index (χ4v) is 5.78. The molecule has 246 valence electrons. The first-order valence-corrected chi connectivity index (χ1v) is 14.4. The number of rotatable bonds is 11. The zero-order chi connectivity index (χ0) is 33.8. The zero-order valence-corrected chi connectivity index (χ0v) is 23.9. The Morgan fingerprint density at radius 3 is 1.46 bits per heavy atom. The molecule has 4 aromatic rings. The number of hydrogen-bond donors (Lipinski definition) is 1. The number of benzene rings is 4. The summed E-state index contributed by atoms with van der Waals surface area (Å²) in [6, 6.07) is 20.4. The molecule has 0 aromatic heterocycles. The number of ether oxygens (including phenoxy) is 3. The number of hydrogen-bond acceptors (Lipinski definition) is 5. The van der Waals surface area contributed by atoms with E-state index in [0.717, 1.165) is 48.5 Å². The molecule has 0 atom stereocenters. The second-order valence-electron chi connectivity index (χ2n) is 9.74. The van der Waals surface area contributed by atoms with E-state index in [0.29, 0.717) is 5.56 Å². The molecule has 0 spiro atoms. The molecule has 1 N–H and O–H groups in total. The Bertz CT molecular complexity index is 1670. The zero-order valence-electron chi connectivity index (χ0n) is 23.1. The minimum absolute atomic E-state index is 0.0129. The molecule has 16 heteroatoms. The van der Waals surface area contributed by atoms with Gasteiger partial charge in [-0.3, -0.25) is 0 Å². The van der Waals surface area contributed by atoms with Crippen LogP contribution in [0.25, 0.3) is 0 Å². The van der Waals surface area contributed by atoms with E-state index in [2.05, 4.69) is 18.9 Å². The van der Waals surface area contributed by atoms with Crippen molar-refractivity contribution < 1.29 is 62.1 Å². The molecular formula is C30H22F9NO5S. The van der Waals surface area contributed by atoms with Gasteiger partial charge in [-0.05, 0) is 71.6 Å². The van der Waals surface area contributed by atoms with Crippen molar-refractivity contribution in [2.75, 3.05) is 6.54 Å². The van der Waals surface area contributed by atoms with Gasteiger partial charge in [0.15, 0.2) is 0 Å². The second-order valence-corrected chi connectivity index (χ2v) is 11.5. The minimum atomic E-state index is -5.11. The van der Waals surface area contributed by atoms with E-state index in [4.69, 9.17) is 0 Å². The van der Waals surface area contributed by atoms with Crippen LogP contribution in [0.4, 0.5) is 39.5 Å². The van der Waals surface area contributed by atoms with Crippen LogP contribution in [-0.2, 0) is 21.9 Å². The van der Waals surface area contributed by atoms with Gasteiger partial charge in [0.25, 0.3) is 0 Å². The fourth-order valence-electron chi connectivity index (χ4n) is 4.69. The predicted molar refractivity (Wildman–Crippen MR) is 145 cm³/mol. The van der Waals surface area contributed by atoms with Gasteiger partial charge in [-0.2, -0.15) is 0 Å². The molecular weight excluding hydrogens is 657 g/mol. The van der Waals surface area contributed by atoms with Crippen molar-refractivity contribution in [2.24, 2.45) is 0 Å². The summed E-state index contributed by atoms with van der Waals surface area (Å²) < 4.78 is 158. The van der Waals surface area contributed by atoms with Crippen LogP contribution in [-0.4, -0.2) is 34.0 Å². The molecule has 0 unspecified atom stereocenters. The second kappa shape index (κ2) is 13.1. The lowest BCUT2D eigenvalue weighted by Gasteiger charge is -2.36. The average Bonchev–Trinajstić information content (AvgIpc) is 2.94. The summed E-state index contributed by atoms with van der Waals surface area (Å²) in [5, 5.41) is 0. The summed E-state index contributed by atoms with van der Waals surface area (Å²) in [6.45, 7) is -0.657. The van der Waals surface area contributed by atoms with Crippen molar-refractivity contribution >= 4 is 10.0 Å². The van der Waals surface area contributed by atoms with E-state index in [-0.39, 0.29) is 17.5 Å². The minimum Gasteiger partial charge on any atom is -0.406 e. The summed E-state index contributed by atoms with van der Waals surface area (Å²) in [5.74, 6) is -2.07. The molecule has 0 saturated carbocycles. The lowest BCUT2D eigenvalue weighted by atomic mass is 9.70. The van der Waals surface area contributed by atoms with Crippen LogP contribution in [0.2, 0.25) is 0 Å². The number of sulfonamides is 1. The average molecular weight is 680 g/mol.